The zero-order valence-corrected chi connectivity index (χ0v) is 14.4. The summed E-state index contributed by atoms with van der Waals surface area (Å²) in [6.45, 7) is 5.71. The smallest absolute Gasteiger partial charge is 0.409 e. The van der Waals surface area contributed by atoms with Crippen molar-refractivity contribution in [3.05, 3.63) is 41.7 Å². The van der Waals surface area contributed by atoms with Gasteiger partial charge in [0.2, 0.25) is 0 Å². The summed E-state index contributed by atoms with van der Waals surface area (Å²) in [7, 11) is 0. The topological polar surface area (TPSA) is 80.6 Å². The van der Waals surface area contributed by atoms with Crippen LogP contribution in [0.5, 0.6) is 0 Å². The molecule has 8 nitrogen and oxygen atoms in total. The summed E-state index contributed by atoms with van der Waals surface area (Å²) in [6, 6.07) is 9.46. The molecule has 0 aliphatic carbocycles. The van der Waals surface area contributed by atoms with E-state index < -0.39 is 0 Å². The van der Waals surface area contributed by atoms with E-state index in [1.807, 2.05) is 30.3 Å². The standard InChI is InChI=1S/C17H21N5O3/c1-3-25-17(24)21-11-9-20(10-12-21)16(23)15-13(2)18-22(19-15)14-7-5-4-6-8-14/h4-8H,3,9-12H2,1-2H3. The van der Waals surface area contributed by atoms with E-state index in [2.05, 4.69) is 10.2 Å². The lowest BCUT2D eigenvalue weighted by atomic mass is 10.2. The predicted octanol–water partition coefficient (Wildman–Crippen LogP) is 1.49. The monoisotopic (exact) mass is 343 g/mol. The molecular weight excluding hydrogens is 322 g/mol. The van der Waals surface area contributed by atoms with Crippen LogP contribution in [0.15, 0.2) is 30.3 Å². The summed E-state index contributed by atoms with van der Waals surface area (Å²) >= 11 is 0. The Balaban J connectivity index is 1.68. The number of nitrogens with zero attached hydrogens (tertiary/aromatic N) is 5. The van der Waals surface area contributed by atoms with Crippen LogP contribution >= 0.6 is 0 Å². The number of hydrogen-bond donors (Lipinski definition) is 0. The molecule has 8 heteroatoms. The highest BCUT2D eigenvalue weighted by Crippen LogP contribution is 2.12. The summed E-state index contributed by atoms with van der Waals surface area (Å²) in [4.78, 5) is 29.3. The van der Waals surface area contributed by atoms with Gasteiger partial charge in [0.15, 0.2) is 5.69 Å². The molecule has 2 aromatic rings. The highest BCUT2D eigenvalue weighted by atomic mass is 16.6. The fraction of sp³-hybridized carbons (Fsp3) is 0.412. The lowest BCUT2D eigenvalue weighted by molar-refractivity contribution is 0.0565. The van der Waals surface area contributed by atoms with Gasteiger partial charge < -0.3 is 14.5 Å². The quantitative estimate of drug-likeness (QED) is 0.843. The van der Waals surface area contributed by atoms with Crippen molar-refractivity contribution in [1.29, 1.82) is 0 Å². The van der Waals surface area contributed by atoms with Crippen molar-refractivity contribution >= 4 is 12.0 Å². The van der Waals surface area contributed by atoms with Crippen LogP contribution in [0, 0.1) is 6.92 Å². The van der Waals surface area contributed by atoms with Crippen LogP contribution in [-0.4, -0.2) is 69.6 Å². The van der Waals surface area contributed by atoms with Crippen molar-refractivity contribution in [2.75, 3.05) is 32.8 Å². The molecule has 0 saturated carbocycles. The van der Waals surface area contributed by atoms with Crippen LogP contribution in [0.3, 0.4) is 0 Å². The molecule has 1 fully saturated rings. The van der Waals surface area contributed by atoms with Gasteiger partial charge in [-0.15, -0.1) is 5.10 Å². The van der Waals surface area contributed by atoms with Crippen molar-refractivity contribution in [2.45, 2.75) is 13.8 Å². The summed E-state index contributed by atoms with van der Waals surface area (Å²) in [6.07, 6.45) is -0.333. The zero-order valence-electron chi connectivity index (χ0n) is 14.4. The maximum atomic E-state index is 12.7. The van der Waals surface area contributed by atoms with Crippen molar-refractivity contribution < 1.29 is 14.3 Å². The molecular formula is C17H21N5O3. The molecule has 0 bridgehead atoms. The number of hydrogen-bond acceptors (Lipinski definition) is 5. The lowest BCUT2D eigenvalue weighted by Gasteiger charge is -2.33. The molecule has 0 N–H and O–H groups in total. The molecule has 3 rings (SSSR count). The van der Waals surface area contributed by atoms with E-state index in [1.165, 1.54) is 4.80 Å². The summed E-state index contributed by atoms with van der Waals surface area (Å²) in [5.41, 5.74) is 1.73. The Morgan fingerprint density at radius 1 is 1.04 bits per heavy atom. The molecule has 0 radical (unpaired) electrons. The predicted molar refractivity (Wildman–Crippen MR) is 90.6 cm³/mol. The Hall–Kier alpha value is -2.90. The molecule has 1 aromatic heterocycles. The number of ether oxygens (including phenoxy) is 1. The molecule has 2 amide bonds. The molecule has 2 heterocycles. The third-order valence-corrected chi connectivity index (χ3v) is 4.06. The summed E-state index contributed by atoms with van der Waals surface area (Å²) in [5.74, 6) is -0.164. The van der Waals surface area contributed by atoms with Gasteiger partial charge in [-0.3, -0.25) is 4.79 Å². The van der Waals surface area contributed by atoms with E-state index in [-0.39, 0.29) is 12.0 Å². The lowest BCUT2D eigenvalue weighted by Crippen LogP contribution is -2.50. The van der Waals surface area contributed by atoms with Gasteiger partial charge in [-0.25, -0.2) is 4.79 Å². The fourth-order valence-electron chi connectivity index (χ4n) is 2.71. The maximum Gasteiger partial charge on any atom is 0.409 e. The molecule has 1 saturated heterocycles. The molecule has 1 aliphatic heterocycles. The molecule has 132 valence electrons. The van der Waals surface area contributed by atoms with Crippen molar-refractivity contribution in [2.24, 2.45) is 0 Å². The third-order valence-electron chi connectivity index (χ3n) is 4.06. The fourth-order valence-corrected chi connectivity index (χ4v) is 2.71. The SMILES string of the molecule is CCOC(=O)N1CCN(C(=O)c2nn(-c3ccccc3)nc2C)CC1. The normalized spacial score (nSPS) is 14.5. The molecule has 25 heavy (non-hydrogen) atoms. The molecule has 0 unspecified atom stereocenters. The number of rotatable bonds is 3. The van der Waals surface area contributed by atoms with Gasteiger partial charge in [0.05, 0.1) is 18.0 Å². The molecule has 1 aliphatic rings. The minimum absolute atomic E-state index is 0.164. The number of amides is 2. The van der Waals surface area contributed by atoms with E-state index in [9.17, 15) is 9.59 Å². The molecule has 1 aromatic carbocycles. The largest absolute Gasteiger partial charge is 0.450 e. The zero-order chi connectivity index (χ0) is 17.8. The first kappa shape index (κ1) is 16.9. The second-order valence-electron chi connectivity index (χ2n) is 5.74. The van der Waals surface area contributed by atoms with Crippen LogP contribution in [0.25, 0.3) is 5.69 Å². The van der Waals surface area contributed by atoms with Crippen LogP contribution < -0.4 is 0 Å². The van der Waals surface area contributed by atoms with Gasteiger partial charge in [-0.1, -0.05) is 18.2 Å². The van der Waals surface area contributed by atoms with Crippen LogP contribution in [0.1, 0.15) is 23.1 Å². The number of aryl methyl sites for hydroxylation is 1. The molecule has 0 atom stereocenters. The van der Waals surface area contributed by atoms with Crippen LogP contribution in [0.4, 0.5) is 4.79 Å². The van der Waals surface area contributed by atoms with Gasteiger partial charge in [-0.2, -0.15) is 9.90 Å². The summed E-state index contributed by atoms with van der Waals surface area (Å²) < 4.78 is 4.99. The van der Waals surface area contributed by atoms with Gasteiger partial charge in [0.1, 0.15) is 0 Å². The van der Waals surface area contributed by atoms with E-state index in [4.69, 9.17) is 4.74 Å². The average Bonchev–Trinajstić information content (AvgIpc) is 3.04. The first-order valence-electron chi connectivity index (χ1n) is 8.30. The van der Waals surface area contributed by atoms with Crippen molar-refractivity contribution in [3.63, 3.8) is 0 Å². The first-order chi connectivity index (χ1) is 12.1. The second-order valence-corrected chi connectivity index (χ2v) is 5.74. The Bertz CT molecular complexity index is 751. The highest BCUT2D eigenvalue weighted by molar-refractivity contribution is 5.93. The van der Waals surface area contributed by atoms with E-state index >= 15 is 0 Å². The number of piperazine rings is 1. The number of aromatic nitrogens is 3. The maximum absolute atomic E-state index is 12.7. The minimum Gasteiger partial charge on any atom is -0.450 e. The Morgan fingerprint density at radius 2 is 1.68 bits per heavy atom. The Morgan fingerprint density at radius 3 is 2.32 bits per heavy atom. The highest BCUT2D eigenvalue weighted by Gasteiger charge is 2.28. The van der Waals surface area contributed by atoms with E-state index in [1.54, 1.807) is 23.6 Å². The third kappa shape index (κ3) is 3.62. The van der Waals surface area contributed by atoms with Gasteiger partial charge in [0, 0.05) is 26.2 Å². The van der Waals surface area contributed by atoms with Gasteiger partial charge >= 0.3 is 6.09 Å². The first-order valence-corrected chi connectivity index (χ1v) is 8.30. The van der Waals surface area contributed by atoms with Gasteiger partial charge in [0.25, 0.3) is 5.91 Å². The van der Waals surface area contributed by atoms with Gasteiger partial charge in [-0.05, 0) is 26.0 Å². The summed E-state index contributed by atoms with van der Waals surface area (Å²) in [5, 5.41) is 8.69. The minimum atomic E-state index is -0.333. The van der Waals surface area contributed by atoms with Crippen molar-refractivity contribution in [3.8, 4) is 5.69 Å². The number of carbonyl (C=O) groups excluding carboxylic acids is 2. The number of para-hydroxylation sites is 1. The van der Waals surface area contributed by atoms with E-state index in [0.29, 0.717) is 44.2 Å². The average molecular weight is 343 g/mol. The molecule has 0 spiro atoms. The Labute approximate surface area is 146 Å². The van der Waals surface area contributed by atoms with Crippen molar-refractivity contribution in [1.82, 2.24) is 24.8 Å². The number of carbonyl (C=O) groups is 2. The number of benzene rings is 1. The van der Waals surface area contributed by atoms with E-state index in [0.717, 1.165) is 5.69 Å². The van der Waals surface area contributed by atoms with Crippen LogP contribution in [0.2, 0.25) is 0 Å². The second kappa shape index (κ2) is 7.33. The van der Waals surface area contributed by atoms with Crippen LogP contribution in [-0.2, 0) is 4.74 Å². The Kier molecular flexibility index (Phi) is 4.97.